The lowest BCUT2D eigenvalue weighted by molar-refractivity contribution is -0.130. The van der Waals surface area contributed by atoms with E-state index in [1.807, 2.05) is 0 Å². The Labute approximate surface area is 156 Å². The zero-order chi connectivity index (χ0) is 19.4. The SMILES string of the molecule is O=C(CNc1ccc(F)cc1)N1CCN(S(=O)(=O)c2cccc(F)c2)CC1. The highest BCUT2D eigenvalue weighted by Gasteiger charge is 2.30. The van der Waals surface area contributed by atoms with Crippen LogP contribution in [0.25, 0.3) is 0 Å². The zero-order valence-corrected chi connectivity index (χ0v) is 15.3. The summed E-state index contributed by atoms with van der Waals surface area (Å²) in [6.45, 7) is 0.807. The van der Waals surface area contributed by atoms with E-state index in [2.05, 4.69) is 5.32 Å². The number of halogens is 2. The molecule has 9 heteroatoms. The molecule has 1 heterocycles. The quantitative estimate of drug-likeness (QED) is 0.840. The third-order valence-corrected chi connectivity index (χ3v) is 6.21. The third kappa shape index (κ3) is 4.61. The van der Waals surface area contributed by atoms with Crippen molar-refractivity contribution in [1.29, 1.82) is 0 Å². The Kier molecular flexibility index (Phi) is 5.71. The van der Waals surface area contributed by atoms with Crippen LogP contribution in [0.1, 0.15) is 0 Å². The summed E-state index contributed by atoms with van der Waals surface area (Å²) >= 11 is 0. The number of piperazine rings is 1. The van der Waals surface area contributed by atoms with Gasteiger partial charge in [0, 0.05) is 31.9 Å². The van der Waals surface area contributed by atoms with E-state index in [1.165, 1.54) is 46.8 Å². The Morgan fingerprint density at radius 3 is 2.26 bits per heavy atom. The molecule has 1 aliphatic rings. The Morgan fingerprint density at radius 1 is 0.963 bits per heavy atom. The zero-order valence-electron chi connectivity index (χ0n) is 14.4. The number of benzene rings is 2. The summed E-state index contributed by atoms with van der Waals surface area (Å²) in [6, 6.07) is 10.5. The van der Waals surface area contributed by atoms with Crippen molar-refractivity contribution in [1.82, 2.24) is 9.21 Å². The second kappa shape index (κ2) is 8.01. The van der Waals surface area contributed by atoms with Crippen molar-refractivity contribution in [2.75, 3.05) is 38.0 Å². The molecule has 0 atom stereocenters. The molecule has 0 bridgehead atoms. The summed E-state index contributed by atoms with van der Waals surface area (Å²) in [5.41, 5.74) is 0.622. The molecule has 2 aromatic rings. The standard InChI is InChI=1S/C18H19F2N3O3S/c19-14-4-6-16(7-5-14)21-13-18(24)22-8-10-23(11-9-22)27(25,26)17-3-1-2-15(20)12-17/h1-7,12,21H,8-11,13H2. The van der Waals surface area contributed by atoms with E-state index in [0.717, 1.165) is 6.07 Å². The Hall–Kier alpha value is -2.52. The van der Waals surface area contributed by atoms with Crippen molar-refractivity contribution in [2.24, 2.45) is 0 Å². The van der Waals surface area contributed by atoms with Gasteiger partial charge in [0.15, 0.2) is 0 Å². The van der Waals surface area contributed by atoms with E-state index in [0.29, 0.717) is 5.69 Å². The van der Waals surface area contributed by atoms with Gasteiger partial charge in [0.2, 0.25) is 15.9 Å². The van der Waals surface area contributed by atoms with Gasteiger partial charge in [0.1, 0.15) is 11.6 Å². The molecule has 0 saturated carbocycles. The highest BCUT2D eigenvalue weighted by Crippen LogP contribution is 2.18. The van der Waals surface area contributed by atoms with Crippen molar-refractivity contribution in [3.8, 4) is 0 Å². The number of carbonyl (C=O) groups is 1. The topological polar surface area (TPSA) is 69.7 Å². The minimum Gasteiger partial charge on any atom is -0.376 e. The van der Waals surface area contributed by atoms with Crippen molar-refractivity contribution in [3.63, 3.8) is 0 Å². The number of rotatable bonds is 5. The van der Waals surface area contributed by atoms with Crippen molar-refractivity contribution < 1.29 is 22.0 Å². The predicted octanol–water partition coefficient (Wildman–Crippen LogP) is 1.91. The average Bonchev–Trinajstić information content (AvgIpc) is 2.67. The maximum atomic E-state index is 13.3. The number of sulfonamides is 1. The van der Waals surface area contributed by atoms with Crippen LogP contribution in [-0.4, -0.2) is 56.3 Å². The van der Waals surface area contributed by atoms with Crippen LogP contribution in [0.4, 0.5) is 14.5 Å². The van der Waals surface area contributed by atoms with Gasteiger partial charge >= 0.3 is 0 Å². The minimum atomic E-state index is -3.79. The molecule has 1 fully saturated rings. The van der Waals surface area contributed by atoms with E-state index in [9.17, 15) is 22.0 Å². The first kappa shape index (κ1) is 19.2. The summed E-state index contributed by atoms with van der Waals surface area (Å²) in [5, 5.41) is 2.91. The first-order valence-corrected chi connectivity index (χ1v) is 9.83. The summed E-state index contributed by atoms with van der Waals surface area (Å²) < 4.78 is 52.6. The lowest BCUT2D eigenvalue weighted by Gasteiger charge is -2.34. The molecule has 0 unspecified atom stereocenters. The third-order valence-electron chi connectivity index (χ3n) is 4.31. The Balaban J connectivity index is 1.55. The summed E-state index contributed by atoms with van der Waals surface area (Å²) in [7, 11) is -3.79. The van der Waals surface area contributed by atoms with Crippen LogP contribution in [-0.2, 0) is 14.8 Å². The van der Waals surface area contributed by atoms with Gasteiger partial charge in [0.25, 0.3) is 0 Å². The van der Waals surface area contributed by atoms with Gasteiger partial charge < -0.3 is 10.2 Å². The summed E-state index contributed by atoms with van der Waals surface area (Å²) in [4.78, 5) is 13.7. The summed E-state index contributed by atoms with van der Waals surface area (Å²) in [6.07, 6.45) is 0. The van der Waals surface area contributed by atoms with Crippen molar-refractivity contribution >= 4 is 21.6 Å². The number of nitrogens with one attached hydrogen (secondary N) is 1. The lowest BCUT2D eigenvalue weighted by Crippen LogP contribution is -2.51. The summed E-state index contributed by atoms with van der Waals surface area (Å²) in [5.74, 6) is -1.15. The van der Waals surface area contributed by atoms with E-state index >= 15 is 0 Å². The van der Waals surface area contributed by atoms with E-state index in [1.54, 1.807) is 4.90 Å². The normalized spacial score (nSPS) is 15.6. The van der Waals surface area contributed by atoms with Gasteiger partial charge in [-0.05, 0) is 42.5 Å². The van der Waals surface area contributed by atoms with Crippen LogP contribution in [0.2, 0.25) is 0 Å². The minimum absolute atomic E-state index is 0.0300. The van der Waals surface area contributed by atoms with Crippen LogP contribution in [0.15, 0.2) is 53.4 Å². The first-order valence-electron chi connectivity index (χ1n) is 8.39. The van der Waals surface area contributed by atoms with Crippen LogP contribution in [0.5, 0.6) is 0 Å². The molecule has 144 valence electrons. The van der Waals surface area contributed by atoms with Gasteiger partial charge in [-0.25, -0.2) is 17.2 Å². The number of amides is 1. The van der Waals surface area contributed by atoms with Gasteiger partial charge in [-0.2, -0.15) is 4.31 Å². The maximum Gasteiger partial charge on any atom is 0.243 e. The number of anilines is 1. The molecule has 1 N–H and O–H groups in total. The van der Waals surface area contributed by atoms with Crippen LogP contribution in [0.3, 0.4) is 0 Å². The molecule has 2 aromatic carbocycles. The van der Waals surface area contributed by atoms with Gasteiger partial charge in [-0.15, -0.1) is 0 Å². The van der Waals surface area contributed by atoms with Crippen LogP contribution < -0.4 is 5.32 Å². The average molecular weight is 395 g/mol. The highest BCUT2D eigenvalue weighted by molar-refractivity contribution is 7.89. The molecular formula is C18H19F2N3O3S. The monoisotopic (exact) mass is 395 g/mol. The van der Waals surface area contributed by atoms with E-state index in [-0.39, 0.29) is 49.3 Å². The molecule has 0 aromatic heterocycles. The second-order valence-electron chi connectivity index (χ2n) is 6.10. The van der Waals surface area contributed by atoms with Gasteiger partial charge in [0.05, 0.1) is 11.4 Å². The van der Waals surface area contributed by atoms with E-state index in [4.69, 9.17) is 0 Å². The number of nitrogens with zero attached hydrogens (tertiary/aromatic N) is 2. The lowest BCUT2D eigenvalue weighted by atomic mass is 10.3. The molecule has 3 rings (SSSR count). The highest BCUT2D eigenvalue weighted by atomic mass is 32.2. The molecule has 1 saturated heterocycles. The van der Waals surface area contributed by atoms with Crippen molar-refractivity contribution in [2.45, 2.75) is 4.90 Å². The largest absolute Gasteiger partial charge is 0.376 e. The fourth-order valence-corrected chi connectivity index (χ4v) is 4.27. The molecule has 0 aliphatic carbocycles. The van der Waals surface area contributed by atoms with E-state index < -0.39 is 15.8 Å². The Morgan fingerprint density at radius 2 is 1.63 bits per heavy atom. The fraction of sp³-hybridized carbons (Fsp3) is 0.278. The number of hydrogen-bond donors (Lipinski definition) is 1. The van der Waals surface area contributed by atoms with Gasteiger partial charge in [-0.3, -0.25) is 4.79 Å². The molecule has 0 radical (unpaired) electrons. The predicted molar refractivity (Wildman–Crippen MR) is 96.6 cm³/mol. The maximum absolute atomic E-state index is 13.3. The first-order chi connectivity index (χ1) is 12.9. The molecule has 6 nitrogen and oxygen atoms in total. The molecule has 0 spiro atoms. The van der Waals surface area contributed by atoms with Crippen LogP contribution >= 0.6 is 0 Å². The second-order valence-corrected chi connectivity index (χ2v) is 8.04. The Bertz CT molecular complexity index is 912. The number of hydrogen-bond acceptors (Lipinski definition) is 4. The molecular weight excluding hydrogens is 376 g/mol. The molecule has 1 aliphatic heterocycles. The fourth-order valence-electron chi connectivity index (χ4n) is 2.81. The molecule has 1 amide bonds. The smallest absolute Gasteiger partial charge is 0.243 e. The van der Waals surface area contributed by atoms with Crippen molar-refractivity contribution in [3.05, 3.63) is 60.2 Å². The van der Waals surface area contributed by atoms with Crippen LogP contribution in [0, 0.1) is 11.6 Å². The molecule has 27 heavy (non-hydrogen) atoms. The van der Waals surface area contributed by atoms with Gasteiger partial charge in [-0.1, -0.05) is 6.07 Å². The number of carbonyl (C=O) groups excluding carboxylic acids is 1.